The second-order valence-electron chi connectivity index (χ2n) is 8.06. The molecular weight excluding hydrogens is 386 g/mol. The molecule has 2 aromatic carbocycles. The number of fused-ring (bicyclic) bond motifs is 1. The Bertz CT molecular complexity index is 1060. The van der Waals surface area contributed by atoms with Gasteiger partial charge in [-0.2, -0.15) is 0 Å². The third-order valence-corrected chi connectivity index (χ3v) is 5.92. The lowest BCUT2D eigenvalue weighted by molar-refractivity contribution is 0.0814. The summed E-state index contributed by atoms with van der Waals surface area (Å²) in [4.78, 5) is 15.5. The Balaban J connectivity index is 1.71. The maximum absolute atomic E-state index is 13.6. The van der Waals surface area contributed by atoms with Crippen molar-refractivity contribution in [1.29, 1.82) is 0 Å². The third-order valence-electron chi connectivity index (χ3n) is 5.92. The monoisotopic (exact) mass is 415 g/mol. The van der Waals surface area contributed by atoms with Crippen molar-refractivity contribution in [2.75, 3.05) is 20.8 Å². The number of nitrogens with zero attached hydrogens (tertiary/aromatic N) is 1. The number of carbonyl (C=O) groups excluding carboxylic acids is 1. The summed E-state index contributed by atoms with van der Waals surface area (Å²) < 4.78 is 11.0. The first-order valence-corrected chi connectivity index (χ1v) is 10.8. The number of carbonyl (C=O) groups is 1. The maximum atomic E-state index is 13.6. The molecule has 2 aromatic rings. The van der Waals surface area contributed by atoms with Crippen LogP contribution in [-0.2, 0) is 6.42 Å². The normalized spacial score (nSPS) is 14.9. The molecule has 0 spiro atoms. The minimum atomic E-state index is 0.0371. The van der Waals surface area contributed by atoms with E-state index < -0.39 is 0 Å². The third kappa shape index (κ3) is 4.58. The topological polar surface area (TPSA) is 38.8 Å². The Labute approximate surface area is 184 Å². The van der Waals surface area contributed by atoms with Gasteiger partial charge in [0.05, 0.1) is 20.8 Å². The van der Waals surface area contributed by atoms with E-state index in [1.54, 1.807) is 14.2 Å². The predicted octanol–water partition coefficient (Wildman–Crippen LogP) is 5.72. The average Bonchev–Trinajstić information content (AvgIpc) is 2.82. The molecule has 2 aliphatic carbocycles. The number of aryl methyl sites for hydroxylation is 2. The zero-order valence-electron chi connectivity index (χ0n) is 18.5. The van der Waals surface area contributed by atoms with Crippen molar-refractivity contribution < 1.29 is 14.3 Å². The molecule has 4 rings (SSSR count). The first kappa shape index (κ1) is 21.0. The largest absolute Gasteiger partial charge is 0.493 e. The van der Waals surface area contributed by atoms with Gasteiger partial charge in [-0.3, -0.25) is 4.79 Å². The van der Waals surface area contributed by atoms with Crippen molar-refractivity contribution in [1.82, 2.24) is 4.90 Å². The molecule has 0 aliphatic heterocycles. The van der Waals surface area contributed by atoms with Crippen molar-refractivity contribution in [3.05, 3.63) is 88.2 Å². The van der Waals surface area contributed by atoms with Crippen LogP contribution in [0, 0.1) is 6.92 Å². The van der Waals surface area contributed by atoms with Gasteiger partial charge in [-0.15, -0.1) is 0 Å². The first-order valence-electron chi connectivity index (χ1n) is 10.8. The van der Waals surface area contributed by atoms with Gasteiger partial charge in [-0.1, -0.05) is 35.9 Å². The van der Waals surface area contributed by atoms with Gasteiger partial charge in [0.15, 0.2) is 11.5 Å². The van der Waals surface area contributed by atoms with Crippen molar-refractivity contribution in [3.63, 3.8) is 0 Å². The second kappa shape index (κ2) is 9.25. The highest BCUT2D eigenvalue weighted by atomic mass is 16.5. The quantitative estimate of drug-likeness (QED) is 0.606. The van der Waals surface area contributed by atoms with Crippen molar-refractivity contribution in [2.45, 2.75) is 32.6 Å². The highest BCUT2D eigenvalue weighted by molar-refractivity contribution is 5.96. The van der Waals surface area contributed by atoms with E-state index in [1.807, 2.05) is 48.2 Å². The molecule has 0 unspecified atom stereocenters. The van der Waals surface area contributed by atoms with Gasteiger partial charge in [-0.25, -0.2) is 0 Å². The minimum Gasteiger partial charge on any atom is -0.493 e. The summed E-state index contributed by atoms with van der Waals surface area (Å²) in [6, 6.07) is 11.9. The molecular formula is C27H29NO3. The summed E-state index contributed by atoms with van der Waals surface area (Å²) in [6.07, 6.45) is 12.4. The summed E-state index contributed by atoms with van der Waals surface area (Å²) in [6.45, 7) is 2.61. The fraction of sp³-hybridized carbons (Fsp3) is 0.296. The number of ether oxygens (including phenoxy) is 2. The lowest BCUT2D eigenvalue weighted by atomic mass is 9.93. The van der Waals surface area contributed by atoms with Gasteiger partial charge in [-0.05, 0) is 79.6 Å². The van der Waals surface area contributed by atoms with Crippen molar-refractivity contribution >= 4 is 12.0 Å². The van der Waals surface area contributed by atoms with Crippen LogP contribution in [0.15, 0.2) is 65.9 Å². The molecule has 0 saturated heterocycles. The van der Waals surface area contributed by atoms with Crippen LogP contribution in [0.3, 0.4) is 0 Å². The molecule has 160 valence electrons. The Morgan fingerprint density at radius 3 is 2.42 bits per heavy atom. The molecule has 0 N–H and O–H groups in total. The summed E-state index contributed by atoms with van der Waals surface area (Å²) in [5, 5.41) is 0. The van der Waals surface area contributed by atoms with Gasteiger partial charge in [0.1, 0.15) is 0 Å². The number of hydrogen-bond acceptors (Lipinski definition) is 3. The highest BCUT2D eigenvalue weighted by Crippen LogP contribution is 2.36. The van der Waals surface area contributed by atoms with Gasteiger partial charge >= 0.3 is 0 Å². The van der Waals surface area contributed by atoms with E-state index in [0.29, 0.717) is 17.9 Å². The highest BCUT2D eigenvalue weighted by Gasteiger charge is 2.24. The van der Waals surface area contributed by atoms with E-state index in [-0.39, 0.29) is 5.91 Å². The molecule has 0 saturated carbocycles. The molecule has 1 amide bonds. The fourth-order valence-electron chi connectivity index (χ4n) is 4.14. The molecule has 31 heavy (non-hydrogen) atoms. The van der Waals surface area contributed by atoms with Crippen molar-refractivity contribution in [2.24, 2.45) is 0 Å². The van der Waals surface area contributed by atoms with Crippen LogP contribution in [-0.4, -0.2) is 31.6 Å². The van der Waals surface area contributed by atoms with E-state index in [9.17, 15) is 4.79 Å². The molecule has 0 fully saturated rings. The Hall–Kier alpha value is -3.27. The lowest BCUT2D eigenvalue weighted by Gasteiger charge is -2.30. The zero-order valence-corrected chi connectivity index (χ0v) is 18.5. The van der Waals surface area contributed by atoms with Crippen molar-refractivity contribution in [3.8, 4) is 11.5 Å². The van der Waals surface area contributed by atoms with Crippen LogP contribution in [0.1, 0.15) is 46.3 Å². The summed E-state index contributed by atoms with van der Waals surface area (Å²) >= 11 is 0. The average molecular weight is 416 g/mol. The van der Waals surface area contributed by atoms with Crippen LogP contribution in [0.5, 0.6) is 11.5 Å². The van der Waals surface area contributed by atoms with E-state index in [2.05, 4.69) is 24.3 Å². The van der Waals surface area contributed by atoms with Gasteiger partial charge in [0, 0.05) is 11.3 Å². The number of benzene rings is 2. The van der Waals surface area contributed by atoms with E-state index in [4.69, 9.17) is 9.47 Å². The Morgan fingerprint density at radius 2 is 1.74 bits per heavy atom. The lowest BCUT2D eigenvalue weighted by Crippen LogP contribution is -2.33. The van der Waals surface area contributed by atoms with Crippen LogP contribution in [0.4, 0.5) is 0 Å². The van der Waals surface area contributed by atoms with Gasteiger partial charge in [0.2, 0.25) is 0 Å². The maximum Gasteiger partial charge on any atom is 0.258 e. The minimum absolute atomic E-state index is 0.0371. The molecule has 0 bridgehead atoms. The summed E-state index contributed by atoms with van der Waals surface area (Å²) in [5.74, 6) is 1.48. The second-order valence-corrected chi connectivity index (χ2v) is 8.06. The molecule has 0 atom stereocenters. The number of amides is 1. The molecule has 2 aliphatic rings. The molecule has 0 heterocycles. The van der Waals surface area contributed by atoms with E-state index in [1.165, 1.54) is 11.1 Å². The predicted molar refractivity (Wildman–Crippen MR) is 125 cm³/mol. The number of allylic oxidation sites excluding steroid dienone is 3. The van der Waals surface area contributed by atoms with Gasteiger partial charge in [0.25, 0.3) is 5.91 Å². The molecule has 0 radical (unpaired) electrons. The fourth-order valence-corrected chi connectivity index (χ4v) is 4.14. The SMILES string of the molecule is COc1cc2c(cc1OC)CCC(N(CC1=CCCC=C1)C(=O)c1ccc(C)cc1)=C2. The summed E-state index contributed by atoms with van der Waals surface area (Å²) in [7, 11) is 3.30. The van der Waals surface area contributed by atoms with Crippen LogP contribution in [0.25, 0.3) is 6.08 Å². The standard InChI is InChI=1S/C27H29NO3/c1-19-9-11-21(12-10-19)27(29)28(18-20-7-5-4-6-8-20)24-14-13-22-16-25(30-2)26(31-3)17-23(22)15-24/h5,7-12,15-17H,4,6,13-14,18H2,1-3H3. The first-order chi connectivity index (χ1) is 15.1. The van der Waals surface area contributed by atoms with Crippen LogP contribution < -0.4 is 9.47 Å². The van der Waals surface area contributed by atoms with Crippen LogP contribution in [0.2, 0.25) is 0 Å². The molecule has 4 heteroatoms. The van der Waals surface area contributed by atoms with E-state index in [0.717, 1.165) is 48.3 Å². The van der Waals surface area contributed by atoms with Crippen LogP contribution >= 0.6 is 0 Å². The van der Waals surface area contributed by atoms with Gasteiger partial charge < -0.3 is 14.4 Å². The zero-order chi connectivity index (χ0) is 21.8. The summed E-state index contributed by atoms with van der Waals surface area (Å²) in [5.41, 5.74) is 6.36. The van der Waals surface area contributed by atoms with E-state index >= 15 is 0 Å². The Kier molecular flexibility index (Phi) is 6.26. The number of hydrogen-bond donors (Lipinski definition) is 0. The molecule has 4 nitrogen and oxygen atoms in total. The molecule has 0 aromatic heterocycles. The number of methoxy groups -OCH3 is 2. The Morgan fingerprint density at radius 1 is 1.00 bits per heavy atom. The number of rotatable bonds is 6. The smallest absolute Gasteiger partial charge is 0.258 e.